The summed E-state index contributed by atoms with van der Waals surface area (Å²) < 4.78 is 0.778. The summed E-state index contributed by atoms with van der Waals surface area (Å²) in [5.41, 5.74) is 7.12. The second-order valence-corrected chi connectivity index (χ2v) is 3.24. The van der Waals surface area contributed by atoms with Gasteiger partial charge in [0.05, 0.1) is 0 Å². The minimum atomic E-state index is -1.33. The first-order valence-electron chi connectivity index (χ1n) is 3.30. The average Bonchev–Trinajstić information content (AvgIpc) is 2.03. The predicted octanol–water partition coefficient (Wildman–Crippen LogP) is 1.29. The molecule has 3 nitrogen and oxygen atoms in total. The molecule has 0 saturated carbocycles. The van der Waals surface area contributed by atoms with Gasteiger partial charge in [-0.05, 0) is 17.7 Å². The number of amides is 1. The minimum Gasteiger partial charge on any atom is -0.378 e. The van der Waals surface area contributed by atoms with Crippen molar-refractivity contribution in [2.24, 2.45) is 0 Å². The lowest BCUT2D eigenvalue weighted by Gasteiger charge is -2.05. The van der Waals surface area contributed by atoms with Crippen LogP contribution >= 0.6 is 15.9 Å². The van der Waals surface area contributed by atoms with Gasteiger partial charge in [-0.25, -0.2) is 0 Å². The first-order valence-corrected chi connectivity index (χ1v) is 4.09. The highest BCUT2D eigenvalue weighted by atomic mass is 79.9. The van der Waals surface area contributed by atoms with Gasteiger partial charge in [-0.2, -0.15) is 0 Å². The Bertz CT molecular complexity index is 301. The molecule has 0 heterocycles. The van der Waals surface area contributed by atoms with Gasteiger partial charge >= 0.3 is 0 Å². The van der Waals surface area contributed by atoms with Gasteiger partial charge in [0.15, 0.2) is 6.10 Å². The Balaban J connectivity index is 2.95. The normalized spacial score (nSPS) is 12.5. The number of aliphatic hydroxyl groups is 1. The van der Waals surface area contributed by atoms with Gasteiger partial charge in [-0.1, -0.05) is 28.1 Å². The van der Waals surface area contributed by atoms with E-state index < -0.39 is 12.0 Å². The maximum Gasteiger partial charge on any atom is 0.271 e. The molecule has 1 amide bonds. The Morgan fingerprint density at radius 2 is 2.25 bits per heavy atom. The molecular formula is C8H7BrNO2. The topological polar surface area (TPSA) is 61.1 Å². The summed E-state index contributed by atoms with van der Waals surface area (Å²) in [6.45, 7) is 0. The monoisotopic (exact) mass is 228 g/mol. The second-order valence-electron chi connectivity index (χ2n) is 2.32. The molecule has 1 aromatic rings. The van der Waals surface area contributed by atoms with Crippen molar-refractivity contribution in [1.82, 2.24) is 5.73 Å². The van der Waals surface area contributed by atoms with E-state index in [2.05, 4.69) is 15.9 Å². The fourth-order valence-electron chi connectivity index (χ4n) is 0.828. The number of halogens is 1. The standard InChI is InChI=1S/C8H7BrNO2/c9-6-3-1-2-5(4-6)7(11)8(10)12/h1-4,7,10-11H. The zero-order valence-corrected chi connectivity index (χ0v) is 7.71. The molecule has 0 bridgehead atoms. The Hall–Kier alpha value is -0.870. The molecule has 0 saturated heterocycles. The summed E-state index contributed by atoms with van der Waals surface area (Å²) in [6, 6.07) is 6.69. The summed E-state index contributed by atoms with van der Waals surface area (Å²) in [6.07, 6.45) is -1.33. The van der Waals surface area contributed by atoms with E-state index in [9.17, 15) is 4.79 Å². The van der Waals surface area contributed by atoms with Crippen LogP contribution in [0.4, 0.5) is 0 Å². The van der Waals surface area contributed by atoms with Crippen LogP contribution in [0, 0.1) is 0 Å². The van der Waals surface area contributed by atoms with Gasteiger partial charge in [-0.3, -0.25) is 10.5 Å². The van der Waals surface area contributed by atoms with Crippen LogP contribution in [0.3, 0.4) is 0 Å². The summed E-state index contributed by atoms with van der Waals surface area (Å²) in [4.78, 5) is 10.5. The van der Waals surface area contributed by atoms with Gasteiger partial charge in [0, 0.05) is 4.47 Å². The van der Waals surface area contributed by atoms with Crippen molar-refractivity contribution < 1.29 is 9.90 Å². The number of rotatable bonds is 2. The van der Waals surface area contributed by atoms with Gasteiger partial charge in [0.2, 0.25) is 0 Å². The number of carbonyl (C=O) groups excluding carboxylic acids is 1. The van der Waals surface area contributed by atoms with Gasteiger partial charge < -0.3 is 5.11 Å². The third-order valence-corrected chi connectivity index (χ3v) is 1.91. The first-order chi connectivity index (χ1) is 5.61. The Morgan fingerprint density at radius 1 is 1.58 bits per heavy atom. The van der Waals surface area contributed by atoms with Crippen molar-refractivity contribution in [2.75, 3.05) is 0 Å². The number of nitrogens with one attached hydrogen (secondary N) is 1. The molecule has 4 heteroatoms. The Labute approximate surface area is 78.3 Å². The van der Waals surface area contributed by atoms with Crippen LogP contribution in [0.15, 0.2) is 28.7 Å². The smallest absolute Gasteiger partial charge is 0.271 e. The highest BCUT2D eigenvalue weighted by Gasteiger charge is 2.13. The van der Waals surface area contributed by atoms with E-state index in [1.165, 1.54) is 0 Å². The molecular weight excluding hydrogens is 222 g/mol. The largest absolute Gasteiger partial charge is 0.378 e. The second kappa shape index (κ2) is 3.69. The van der Waals surface area contributed by atoms with E-state index in [1.807, 2.05) is 0 Å². The molecule has 63 valence electrons. The molecule has 0 aliphatic rings. The lowest BCUT2D eigenvalue weighted by Crippen LogP contribution is -2.11. The molecule has 0 aliphatic heterocycles. The molecule has 1 radical (unpaired) electrons. The average molecular weight is 229 g/mol. The van der Waals surface area contributed by atoms with Crippen LogP contribution < -0.4 is 5.73 Å². The summed E-state index contributed by atoms with van der Waals surface area (Å²) in [5.74, 6) is -0.992. The molecule has 12 heavy (non-hydrogen) atoms. The highest BCUT2D eigenvalue weighted by Crippen LogP contribution is 2.17. The molecule has 2 N–H and O–H groups in total. The maximum absolute atomic E-state index is 10.5. The zero-order chi connectivity index (χ0) is 9.14. The fourth-order valence-corrected chi connectivity index (χ4v) is 1.24. The number of carbonyl (C=O) groups is 1. The van der Waals surface area contributed by atoms with Crippen LogP contribution in [0.5, 0.6) is 0 Å². The molecule has 1 unspecified atom stereocenters. The third-order valence-electron chi connectivity index (χ3n) is 1.41. The highest BCUT2D eigenvalue weighted by molar-refractivity contribution is 9.10. The van der Waals surface area contributed by atoms with Crippen molar-refractivity contribution >= 4 is 21.8 Å². The molecule has 1 atom stereocenters. The third kappa shape index (κ3) is 2.06. The fraction of sp³-hybridized carbons (Fsp3) is 0.125. The van der Waals surface area contributed by atoms with Gasteiger partial charge in [0.25, 0.3) is 5.91 Å². The molecule has 0 spiro atoms. The van der Waals surface area contributed by atoms with Crippen LogP contribution in [0.2, 0.25) is 0 Å². The van der Waals surface area contributed by atoms with Crippen molar-refractivity contribution in [2.45, 2.75) is 6.10 Å². The summed E-state index contributed by atoms with van der Waals surface area (Å²) in [5, 5.41) is 9.16. The molecule has 1 aromatic carbocycles. The minimum absolute atomic E-state index is 0.435. The van der Waals surface area contributed by atoms with Crippen molar-refractivity contribution in [3.05, 3.63) is 34.3 Å². The number of aliphatic hydroxyl groups excluding tert-OH is 1. The van der Waals surface area contributed by atoms with Crippen molar-refractivity contribution in [3.8, 4) is 0 Å². The van der Waals surface area contributed by atoms with Crippen LogP contribution in [0.25, 0.3) is 0 Å². The molecule has 0 fully saturated rings. The lowest BCUT2D eigenvalue weighted by molar-refractivity contribution is -0.126. The Morgan fingerprint density at radius 3 is 2.75 bits per heavy atom. The molecule has 1 rings (SSSR count). The summed E-state index contributed by atoms with van der Waals surface area (Å²) >= 11 is 3.20. The van der Waals surface area contributed by atoms with Crippen molar-refractivity contribution in [3.63, 3.8) is 0 Å². The maximum atomic E-state index is 10.5. The first kappa shape index (κ1) is 9.22. The quantitative estimate of drug-likeness (QED) is 0.830. The zero-order valence-electron chi connectivity index (χ0n) is 6.12. The Kier molecular flexibility index (Phi) is 2.83. The number of benzene rings is 1. The lowest BCUT2D eigenvalue weighted by atomic mass is 10.1. The van der Waals surface area contributed by atoms with Crippen molar-refractivity contribution in [1.29, 1.82) is 0 Å². The predicted molar refractivity (Wildman–Crippen MR) is 47.2 cm³/mol. The molecule has 0 aromatic heterocycles. The SMILES string of the molecule is [NH]C(=O)C(O)c1cccc(Br)c1. The number of hydrogen-bond acceptors (Lipinski definition) is 2. The molecule has 0 aliphatic carbocycles. The van der Waals surface area contributed by atoms with E-state index in [0.29, 0.717) is 5.56 Å². The van der Waals surface area contributed by atoms with E-state index in [0.717, 1.165) is 4.47 Å². The van der Waals surface area contributed by atoms with E-state index in [-0.39, 0.29) is 0 Å². The van der Waals surface area contributed by atoms with E-state index >= 15 is 0 Å². The van der Waals surface area contributed by atoms with Crippen LogP contribution in [-0.2, 0) is 4.79 Å². The van der Waals surface area contributed by atoms with Crippen LogP contribution in [0.1, 0.15) is 11.7 Å². The van der Waals surface area contributed by atoms with E-state index in [4.69, 9.17) is 10.8 Å². The number of hydrogen-bond donors (Lipinski definition) is 1. The van der Waals surface area contributed by atoms with Gasteiger partial charge in [0.1, 0.15) is 0 Å². The summed E-state index contributed by atoms with van der Waals surface area (Å²) in [7, 11) is 0. The van der Waals surface area contributed by atoms with Crippen LogP contribution in [-0.4, -0.2) is 11.0 Å². The van der Waals surface area contributed by atoms with Gasteiger partial charge in [-0.15, -0.1) is 0 Å². The van der Waals surface area contributed by atoms with E-state index in [1.54, 1.807) is 24.3 Å².